The van der Waals surface area contributed by atoms with E-state index in [1.165, 1.54) is 0 Å². The molecule has 116 valence electrons. The lowest BCUT2D eigenvalue weighted by Crippen LogP contribution is -2.32. The second-order valence-electron chi connectivity index (χ2n) is 5.59. The predicted molar refractivity (Wildman–Crippen MR) is 73.2 cm³/mol. The molecule has 0 spiro atoms. The van der Waals surface area contributed by atoms with E-state index in [-0.39, 0.29) is 25.0 Å². The summed E-state index contributed by atoms with van der Waals surface area (Å²) >= 11 is 0. The number of rotatable bonds is 4. The SMILES string of the molecule is COc1ccc(CC(=O)C2CCCC(C(F)(F)F)C2)cc1. The Morgan fingerprint density at radius 3 is 2.48 bits per heavy atom. The highest BCUT2D eigenvalue weighted by Crippen LogP contribution is 2.40. The van der Waals surface area contributed by atoms with Crippen molar-refractivity contribution >= 4 is 5.78 Å². The number of hydrogen-bond acceptors (Lipinski definition) is 2. The molecule has 1 aromatic carbocycles. The molecule has 1 fully saturated rings. The highest BCUT2D eigenvalue weighted by atomic mass is 19.4. The number of methoxy groups -OCH3 is 1. The molecule has 0 radical (unpaired) electrons. The van der Waals surface area contributed by atoms with Crippen molar-refractivity contribution in [3.8, 4) is 5.75 Å². The normalized spacial score (nSPS) is 22.9. The van der Waals surface area contributed by atoms with Crippen LogP contribution in [-0.2, 0) is 11.2 Å². The van der Waals surface area contributed by atoms with Crippen molar-refractivity contribution in [1.82, 2.24) is 0 Å². The molecule has 0 amide bonds. The molecule has 2 rings (SSSR count). The molecule has 2 atom stereocenters. The second kappa shape index (κ2) is 6.50. The van der Waals surface area contributed by atoms with Gasteiger partial charge in [-0.1, -0.05) is 18.6 Å². The van der Waals surface area contributed by atoms with E-state index in [4.69, 9.17) is 4.74 Å². The maximum atomic E-state index is 12.8. The van der Waals surface area contributed by atoms with Gasteiger partial charge in [0.2, 0.25) is 0 Å². The van der Waals surface area contributed by atoms with Gasteiger partial charge in [0, 0.05) is 12.3 Å². The van der Waals surface area contributed by atoms with Gasteiger partial charge in [-0.15, -0.1) is 0 Å². The van der Waals surface area contributed by atoms with Crippen molar-refractivity contribution in [1.29, 1.82) is 0 Å². The second-order valence-corrected chi connectivity index (χ2v) is 5.59. The average Bonchev–Trinajstić information content (AvgIpc) is 2.47. The monoisotopic (exact) mass is 300 g/mol. The minimum atomic E-state index is -4.18. The Morgan fingerprint density at radius 2 is 1.90 bits per heavy atom. The van der Waals surface area contributed by atoms with E-state index in [0.29, 0.717) is 18.6 Å². The Labute approximate surface area is 122 Å². The van der Waals surface area contributed by atoms with E-state index in [1.54, 1.807) is 31.4 Å². The van der Waals surface area contributed by atoms with Crippen LogP contribution in [0.4, 0.5) is 13.2 Å². The summed E-state index contributed by atoms with van der Waals surface area (Å²) in [5, 5.41) is 0. The van der Waals surface area contributed by atoms with Gasteiger partial charge >= 0.3 is 6.18 Å². The van der Waals surface area contributed by atoms with Gasteiger partial charge in [-0.05, 0) is 37.0 Å². The van der Waals surface area contributed by atoms with E-state index in [9.17, 15) is 18.0 Å². The summed E-state index contributed by atoms with van der Waals surface area (Å²) < 4.78 is 43.3. The van der Waals surface area contributed by atoms with Gasteiger partial charge in [0.1, 0.15) is 11.5 Å². The van der Waals surface area contributed by atoms with E-state index in [2.05, 4.69) is 0 Å². The summed E-state index contributed by atoms with van der Waals surface area (Å²) in [7, 11) is 1.56. The number of ketones is 1. The first-order chi connectivity index (χ1) is 9.90. The van der Waals surface area contributed by atoms with Crippen LogP contribution >= 0.6 is 0 Å². The fraction of sp³-hybridized carbons (Fsp3) is 0.562. The first kappa shape index (κ1) is 15.9. The molecule has 0 aliphatic heterocycles. The minimum Gasteiger partial charge on any atom is -0.497 e. The van der Waals surface area contributed by atoms with Crippen LogP contribution < -0.4 is 4.74 Å². The van der Waals surface area contributed by atoms with E-state index >= 15 is 0 Å². The van der Waals surface area contributed by atoms with Gasteiger partial charge in [0.15, 0.2) is 0 Å². The lowest BCUT2D eigenvalue weighted by Gasteiger charge is -2.29. The third-order valence-corrected chi connectivity index (χ3v) is 4.13. The van der Waals surface area contributed by atoms with Gasteiger partial charge in [-0.2, -0.15) is 13.2 Å². The summed E-state index contributed by atoms with van der Waals surface area (Å²) in [6.45, 7) is 0. The van der Waals surface area contributed by atoms with Crippen molar-refractivity contribution in [2.45, 2.75) is 38.3 Å². The number of carbonyl (C=O) groups is 1. The highest BCUT2D eigenvalue weighted by molar-refractivity contribution is 5.83. The van der Waals surface area contributed by atoms with Crippen LogP contribution in [0.15, 0.2) is 24.3 Å². The molecule has 1 aliphatic rings. The molecule has 0 saturated heterocycles. The molecule has 0 N–H and O–H groups in total. The smallest absolute Gasteiger partial charge is 0.391 e. The number of ether oxygens (including phenoxy) is 1. The molecule has 2 nitrogen and oxygen atoms in total. The van der Waals surface area contributed by atoms with Crippen LogP contribution in [0.2, 0.25) is 0 Å². The Balaban J connectivity index is 1.96. The number of Topliss-reactive ketones (excluding diaryl/α,β-unsaturated/α-hetero) is 1. The summed E-state index contributed by atoms with van der Waals surface area (Å²) in [5.74, 6) is -1.18. The third-order valence-electron chi connectivity index (χ3n) is 4.13. The molecule has 5 heteroatoms. The van der Waals surface area contributed by atoms with Crippen molar-refractivity contribution in [3.63, 3.8) is 0 Å². The average molecular weight is 300 g/mol. The summed E-state index contributed by atoms with van der Waals surface area (Å²) in [4.78, 5) is 12.2. The molecule has 0 bridgehead atoms. The van der Waals surface area contributed by atoms with Crippen molar-refractivity contribution in [2.24, 2.45) is 11.8 Å². The maximum Gasteiger partial charge on any atom is 0.391 e. The standard InChI is InChI=1S/C16H19F3O2/c1-21-14-7-5-11(6-8-14)9-15(20)12-3-2-4-13(10-12)16(17,18)19/h5-8,12-13H,2-4,9-10H2,1H3. The van der Waals surface area contributed by atoms with Crippen LogP contribution in [0.1, 0.15) is 31.2 Å². The van der Waals surface area contributed by atoms with E-state index < -0.39 is 18.0 Å². The van der Waals surface area contributed by atoms with E-state index in [0.717, 1.165) is 5.56 Å². The molecule has 21 heavy (non-hydrogen) atoms. The van der Waals surface area contributed by atoms with Crippen LogP contribution in [0.25, 0.3) is 0 Å². The first-order valence-corrected chi connectivity index (χ1v) is 7.12. The molecule has 1 saturated carbocycles. The summed E-state index contributed by atoms with van der Waals surface area (Å²) in [6, 6.07) is 7.06. The molecule has 0 heterocycles. The molecule has 1 aliphatic carbocycles. The number of hydrogen-bond donors (Lipinski definition) is 0. The number of halogens is 3. The van der Waals surface area contributed by atoms with Crippen molar-refractivity contribution in [3.05, 3.63) is 29.8 Å². The van der Waals surface area contributed by atoms with Gasteiger partial charge < -0.3 is 4.74 Å². The fourth-order valence-corrected chi connectivity index (χ4v) is 2.87. The van der Waals surface area contributed by atoms with Gasteiger partial charge in [0.05, 0.1) is 13.0 Å². The quantitative estimate of drug-likeness (QED) is 0.834. The lowest BCUT2D eigenvalue weighted by molar-refractivity contribution is -0.186. The number of benzene rings is 1. The maximum absolute atomic E-state index is 12.8. The summed E-state index contributed by atoms with van der Waals surface area (Å²) in [6.07, 6.45) is -2.85. The number of carbonyl (C=O) groups excluding carboxylic acids is 1. The van der Waals surface area contributed by atoms with Gasteiger partial charge in [0.25, 0.3) is 0 Å². The van der Waals surface area contributed by atoms with Crippen LogP contribution in [-0.4, -0.2) is 19.1 Å². The Kier molecular flexibility index (Phi) is 4.91. The number of alkyl halides is 3. The fourth-order valence-electron chi connectivity index (χ4n) is 2.87. The van der Waals surface area contributed by atoms with Crippen LogP contribution in [0.3, 0.4) is 0 Å². The molecule has 2 unspecified atom stereocenters. The Hall–Kier alpha value is -1.52. The molecular weight excluding hydrogens is 281 g/mol. The zero-order chi connectivity index (χ0) is 15.5. The van der Waals surface area contributed by atoms with Crippen LogP contribution in [0, 0.1) is 11.8 Å². The predicted octanol–water partition coefficient (Wildman–Crippen LogP) is 4.18. The van der Waals surface area contributed by atoms with Crippen molar-refractivity contribution < 1.29 is 22.7 Å². The van der Waals surface area contributed by atoms with Gasteiger partial charge in [-0.25, -0.2) is 0 Å². The van der Waals surface area contributed by atoms with Crippen molar-refractivity contribution in [2.75, 3.05) is 7.11 Å². The molecule has 1 aromatic rings. The van der Waals surface area contributed by atoms with Crippen LogP contribution in [0.5, 0.6) is 5.75 Å². The summed E-state index contributed by atoms with van der Waals surface area (Å²) in [5.41, 5.74) is 0.815. The zero-order valence-corrected chi connectivity index (χ0v) is 12.0. The third kappa shape index (κ3) is 4.22. The Morgan fingerprint density at radius 1 is 1.24 bits per heavy atom. The highest BCUT2D eigenvalue weighted by Gasteiger charge is 2.43. The van der Waals surface area contributed by atoms with Gasteiger partial charge in [-0.3, -0.25) is 4.79 Å². The zero-order valence-electron chi connectivity index (χ0n) is 12.0. The largest absolute Gasteiger partial charge is 0.497 e. The lowest BCUT2D eigenvalue weighted by atomic mass is 9.78. The van der Waals surface area contributed by atoms with E-state index in [1.807, 2.05) is 0 Å². The molecule has 0 aromatic heterocycles. The molecular formula is C16H19F3O2. The Bertz CT molecular complexity index is 479. The minimum absolute atomic E-state index is 0.0571. The topological polar surface area (TPSA) is 26.3 Å². The first-order valence-electron chi connectivity index (χ1n) is 7.12.